The highest BCUT2D eigenvalue weighted by atomic mass is 16.5. The second kappa shape index (κ2) is 6.80. The number of likely N-dealkylation sites (tertiary alicyclic amines) is 1. The van der Waals surface area contributed by atoms with Crippen molar-refractivity contribution in [3.63, 3.8) is 0 Å². The number of nitrogens with one attached hydrogen (secondary N) is 1. The molecule has 23 heavy (non-hydrogen) atoms. The van der Waals surface area contributed by atoms with Crippen molar-refractivity contribution in [3.05, 3.63) is 23.3 Å². The number of carbonyl (C=O) groups is 1. The van der Waals surface area contributed by atoms with E-state index in [9.17, 15) is 4.79 Å². The van der Waals surface area contributed by atoms with Gasteiger partial charge < -0.3 is 19.9 Å². The maximum absolute atomic E-state index is 12.3. The Hall–Kier alpha value is -1.73. The van der Waals surface area contributed by atoms with Gasteiger partial charge in [-0.15, -0.1) is 0 Å². The molecule has 126 valence electrons. The SMILES string of the molecule is CC1CN(C(=O)NCc2ncc3c(n2)CCOC3)CC1N(C)C. The van der Waals surface area contributed by atoms with E-state index in [1.54, 1.807) is 0 Å². The molecule has 0 saturated carbocycles. The number of urea groups is 1. The third-order valence-corrected chi connectivity index (χ3v) is 4.67. The van der Waals surface area contributed by atoms with Gasteiger partial charge in [0.25, 0.3) is 0 Å². The van der Waals surface area contributed by atoms with E-state index < -0.39 is 0 Å². The van der Waals surface area contributed by atoms with Crippen molar-refractivity contribution < 1.29 is 9.53 Å². The van der Waals surface area contributed by atoms with Crippen molar-refractivity contribution in [3.8, 4) is 0 Å². The second-order valence-corrected chi connectivity index (χ2v) is 6.63. The summed E-state index contributed by atoms with van der Waals surface area (Å²) in [7, 11) is 4.13. The maximum Gasteiger partial charge on any atom is 0.317 e. The number of nitrogens with zero attached hydrogens (tertiary/aromatic N) is 4. The molecule has 3 rings (SSSR count). The van der Waals surface area contributed by atoms with Gasteiger partial charge in [0.2, 0.25) is 0 Å². The van der Waals surface area contributed by atoms with Crippen LogP contribution in [-0.2, 0) is 24.3 Å². The molecule has 3 heterocycles. The third kappa shape index (κ3) is 3.61. The highest BCUT2D eigenvalue weighted by Crippen LogP contribution is 2.20. The van der Waals surface area contributed by atoms with Gasteiger partial charge >= 0.3 is 6.03 Å². The first-order chi connectivity index (χ1) is 11.0. The molecule has 7 nitrogen and oxygen atoms in total. The normalized spacial score (nSPS) is 23.9. The number of amides is 2. The molecule has 2 aliphatic heterocycles. The Balaban J connectivity index is 1.55. The molecular formula is C16H25N5O2. The van der Waals surface area contributed by atoms with Crippen LogP contribution >= 0.6 is 0 Å². The van der Waals surface area contributed by atoms with Crippen LogP contribution in [0, 0.1) is 5.92 Å². The van der Waals surface area contributed by atoms with E-state index in [1.165, 1.54) is 0 Å². The second-order valence-electron chi connectivity index (χ2n) is 6.63. The number of hydrogen-bond donors (Lipinski definition) is 1. The van der Waals surface area contributed by atoms with E-state index >= 15 is 0 Å². The van der Waals surface area contributed by atoms with Gasteiger partial charge in [0.05, 0.1) is 25.5 Å². The van der Waals surface area contributed by atoms with Gasteiger partial charge in [-0.2, -0.15) is 0 Å². The number of aromatic nitrogens is 2. The van der Waals surface area contributed by atoms with E-state index in [2.05, 4.69) is 41.2 Å². The molecule has 2 amide bonds. The van der Waals surface area contributed by atoms with Crippen molar-refractivity contribution in [2.24, 2.45) is 5.92 Å². The molecule has 2 atom stereocenters. The van der Waals surface area contributed by atoms with Crippen LogP contribution in [-0.4, -0.2) is 65.6 Å². The number of rotatable bonds is 3. The monoisotopic (exact) mass is 319 g/mol. The van der Waals surface area contributed by atoms with E-state index in [-0.39, 0.29) is 6.03 Å². The van der Waals surface area contributed by atoms with Gasteiger partial charge in [-0.1, -0.05) is 6.92 Å². The van der Waals surface area contributed by atoms with Crippen molar-refractivity contribution in [2.75, 3.05) is 33.8 Å². The Morgan fingerprint density at radius 2 is 2.30 bits per heavy atom. The average molecular weight is 319 g/mol. The number of hydrogen-bond acceptors (Lipinski definition) is 5. The van der Waals surface area contributed by atoms with Gasteiger partial charge in [0, 0.05) is 37.3 Å². The summed E-state index contributed by atoms with van der Waals surface area (Å²) in [6.07, 6.45) is 2.62. The molecule has 0 bridgehead atoms. The van der Waals surface area contributed by atoms with Gasteiger partial charge in [0.1, 0.15) is 5.82 Å². The molecule has 2 unspecified atom stereocenters. The molecule has 7 heteroatoms. The summed E-state index contributed by atoms with van der Waals surface area (Å²) in [5, 5.41) is 2.94. The summed E-state index contributed by atoms with van der Waals surface area (Å²) in [6, 6.07) is 0.381. The minimum absolute atomic E-state index is 0.0362. The number of carbonyl (C=O) groups excluding carboxylic acids is 1. The Morgan fingerprint density at radius 1 is 1.48 bits per heavy atom. The number of fused-ring (bicyclic) bond motifs is 1. The highest BCUT2D eigenvalue weighted by molar-refractivity contribution is 5.74. The first-order valence-corrected chi connectivity index (χ1v) is 8.15. The summed E-state index contributed by atoms with van der Waals surface area (Å²) in [4.78, 5) is 25.3. The summed E-state index contributed by atoms with van der Waals surface area (Å²) in [6.45, 7) is 5.39. The van der Waals surface area contributed by atoms with Crippen LogP contribution in [0.2, 0.25) is 0 Å². The summed E-state index contributed by atoms with van der Waals surface area (Å²) in [5.74, 6) is 1.14. The Bertz CT molecular complexity index is 578. The predicted octanol–water partition coefficient (Wildman–Crippen LogP) is 0.641. The minimum atomic E-state index is -0.0362. The van der Waals surface area contributed by atoms with Gasteiger partial charge in [-0.3, -0.25) is 0 Å². The first-order valence-electron chi connectivity index (χ1n) is 8.15. The molecule has 1 saturated heterocycles. The molecule has 1 N–H and O–H groups in total. The topological polar surface area (TPSA) is 70.6 Å². The van der Waals surface area contributed by atoms with E-state index in [4.69, 9.17) is 4.74 Å². The van der Waals surface area contributed by atoms with Crippen molar-refractivity contribution in [2.45, 2.75) is 32.5 Å². The zero-order valence-electron chi connectivity index (χ0n) is 14.1. The lowest BCUT2D eigenvalue weighted by atomic mass is 10.1. The highest BCUT2D eigenvalue weighted by Gasteiger charge is 2.33. The van der Waals surface area contributed by atoms with Gasteiger partial charge in [-0.05, 0) is 20.0 Å². The van der Waals surface area contributed by atoms with Crippen LogP contribution in [0.25, 0.3) is 0 Å². The Labute approximate surface area is 137 Å². The molecule has 0 aromatic carbocycles. The van der Waals surface area contributed by atoms with Crippen LogP contribution in [0.15, 0.2) is 6.20 Å². The van der Waals surface area contributed by atoms with E-state index in [0.29, 0.717) is 37.5 Å². The summed E-state index contributed by atoms with van der Waals surface area (Å²) < 4.78 is 5.38. The van der Waals surface area contributed by atoms with Crippen molar-refractivity contribution in [1.82, 2.24) is 25.1 Å². The molecule has 1 aromatic rings. The van der Waals surface area contributed by atoms with Crippen molar-refractivity contribution >= 4 is 6.03 Å². The fourth-order valence-corrected chi connectivity index (χ4v) is 3.31. The average Bonchev–Trinajstić information content (AvgIpc) is 2.94. The lowest BCUT2D eigenvalue weighted by Crippen LogP contribution is -2.40. The molecule has 0 radical (unpaired) electrons. The fraction of sp³-hybridized carbons (Fsp3) is 0.688. The zero-order valence-corrected chi connectivity index (χ0v) is 14.1. The molecule has 0 spiro atoms. The minimum Gasteiger partial charge on any atom is -0.376 e. The van der Waals surface area contributed by atoms with Crippen LogP contribution < -0.4 is 5.32 Å². The maximum atomic E-state index is 12.3. The molecule has 2 aliphatic rings. The molecule has 0 aliphatic carbocycles. The lowest BCUT2D eigenvalue weighted by molar-refractivity contribution is 0.108. The van der Waals surface area contributed by atoms with E-state index in [0.717, 1.165) is 30.8 Å². The lowest BCUT2D eigenvalue weighted by Gasteiger charge is -2.22. The largest absolute Gasteiger partial charge is 0.376 e. The Morgan fingerprint density at radius 3 is 3.04 bits per heavy atom. The van der Waals surface area contributed by atoms with Gasteiger partial charge in [-0.25, -0.2) is 14.8 Å². The van der Waals surface area contributed by atoms with Crippen LogP contribution in [0.1, 0.15) is 24.0 Å². The van der Waals surface area contributed by atoms with Crippen LogP contribution in [0.4, 0.5) is 4.79 Å². The molecule has 1 fully saturated rings. The molecule has 1 aromatic heterocycles. The summed E-state index contributed by atoms with van der Waals surface area (Å²) >= 11 is 0. The van der Waals surface area contributed by atoms with Crippen LogP contribution in [0.5, 0.6) is 0 Å². The van der Waals surface area contributed by atoms with Crippen molar-refractivity contribution in [1.29, 1.82) is 0 Å². The first kappa shape index (κ1) is 16.1. The third-order valence-electron chi connectivity index (χ3n) is 4.67. The Kier molecular flexibility index (Phi) is 4.77. The number of ether oxygens (including phenoxy) is 1. The zero-order chi connectivity index (χ0) is 16.4. The smallest absolute Gasteiger partial charge is 0.317 e. The van der Waals surface area contributed by atoms with E-state index in [1.807, 2.05) is 11.1 Å². The van der Waals surface area contributed by atoms with Crippen LogP contribution in [0.3, 0.4) is 0 Å². The standard InChI is InChI=1S/C16H25N5O2/c1-11-8-21(9-14(11)20(2)3)16(22)18-7-15-17-6-12-10-23-5-4-13(12)19-15/h6,11,14H,4-5,7-10H2,1-3H3,(H,18,22). The summed E-state index contributed by atoms with van der Waals surface area (Å²) in [5.41, 5.74) is 2.09. The fourth-order valence-electron chi connectivity index (χ4n) is 3.31. The quantitative estimate of drug-likeness (QED) is 0.885. The molecular weight excluding hydrogens is 294 g/mol. The number of likely N-dealkylation sites (N-methyl/N-ethyl adjacent to an activating group) is 1. The predicted molar refractivity (Wildman–Crippen MR) is 85.8 cm³/mol. The van der Waals surface area contributed by atoms with Gasteiger partial charge in [0.15, 0.2) is 0 Å².